The first-order valence-electron chi connectivity index (χ1n) is 7.29. The van der Waals surface area contributed by atoms with Gasteiger partial charge in [0.15, 0.2) is 0 Å². The summed E-state index contributed by atoms with van der Waals surface area (Å²) in [6.45, 7) is 7.16. The Morgan fingerprint density at radius 2 is 2.16 bits per heavy atom. The number of hydrogen-bond acceptors (Lipinski definition) is 5. The molecule has 0 radical (unpaired) electrons. The van der Waals surface area contributed by atoms with Crippen LogP contribution in [0.3, 0.4) is 0 Å². The van der Waals surface area contributed by atoms with Crippen LogP contribution >= 0.6 is 0 Å². The Bertz CT molecular complexity index is 447. The third-order valence-electron chi connectivity index (χ3n) is 4.37. The van der Waals surface area contributed by atoms with Crippen LogP contribution < -0.4 is 10.6 Å². The zero-order valence-corrected chi connectivity index (χ0v) is 11.7. The molecule has 0 spiro atoms. The van der Waals surface area contributed by atoms with Gasteiger partial charge in [0, 0.05) is 49.7 Å². The lowest BCUT2D eigenvalue weighted by molar-refractivity contribution is 0.273. The smallest absolute Gasteiger partial charge is 0.225 e. The lowest BCUT2D eigenvalue weighted by Gasteiger charge is -2.25. The number of aromatic nitrogens is 2. The quantitative estimate of drug-likeness (QED) is 0.858. The largest absolute Gasteiger partial charge is 0.339 e. The summed E-state index contributed by atoms with van der Waals surface area (Å²) >= 11 is 0. The molecule has 0 bridgehead atoms. The molecule has 1 aromatic heterocycles. The van der Waals surface area contributed by atoms with E-state index in [1.54, 1.807) is 0 Å². The van der Waals surface area contributed by atoms with Gasteiger partial charge in [0.1, 0.15) is 0 Å². The highest BCUT2D eigenvalue weighted by Crippen LogP contribution is 2.23. The van der Waals surface area contributed by atoms with Crippen LogP contribution in [0.5, 0.6) is 0 Å². The molecule has 5 heteroatoms. The summed E-state index contributed by atoms with van der Waals surface area (Å²) in [5.41, 5.74) is 7.73. The average Bonchev–Trinajstić information content (AvgIpc) is 2.76. The lowest BCUT2D eigenvalue weighted by atomic mass is 10.2. The number of hydrogen-bond donors (Lipinski definition) is 1. The maximum atomic E-state index is 5.67. The van der Waals surface area contributed by atoms with Crippen LogP contribution in [0.2, 0.25) is 0 Å². The highest BCUT2D eigenvalue weighted by molar-refractivity contribution is 5.33. The number of anilines is 1. The topological polar surface area (TPSA) is 58.3 Å². The van der Waals surface area contributed by atoms with E-state index in [1.807, 2.05) is 13.1 Å². The van der Waals surface area contributed by atoms with Crippen molar-refractivity contribution >= 4 is 5.95 Å². The van der Waals surface area contributed by atoms with Crippen molar-refractivity contribution in [1.29, 1.82) is 0 Å². The molecule has 3 rings (SSSR count). The van der Waals surface area contributed by atoms with E-state index in [1.165, 1.54) is 32.4 Å². The van der Waals surface area contributed by atoms with Gasteiger partial charge in [-0.25, -0.2) is 9.97 Å². The number of nitrogens with zero attached hydrogens (tertiary/aromatic N) is 4. The summed E-state index contributed by atoms with van der Waals surface area (Å²) < 4.78 is 0. The minimum absolute atomic E-state index is 0.516. The van der Waals surface area contributed by atoms with Gasteiger partial charge in [-0.05, 0) is 32.7 Å². The molecular weight excluding hydrogens is 238 g/mol. The molecule has 2 aliphatic heterocycles. The Morgan fingerprint density at radius 1 is 1.32 bits per heavy atom. The van der Waals surface area contributed by atoms with Crippen molar-refractivity contribution in [3.05, 3.63) is 17.5 Å². The molecule has 3 heterocycles. The molecule has 0 aromatic carbocycles. The molecule has 1 aromatic rings. The summed E-state index contributed by atoms with van der Waals surface area (Å²) in [7, 11) is 0. The standard InChI is InChI=1S/C14H23N5/c1-11-12(8-15)9-16-14(17-11)19-7-3-6-18-5-2-4-13(18)10-19/h9,13H,2-8,10,15H2,1H3. The number of fused-ring (bicyclic) bond motifs is 1. The van der Waals surface area contributed by atoms with Crippen LogP contribution in [0.4, 0.5) is 5.95 Å². The molecule has 1 unspecified atom stereocenters. The molecule has 2 fully saturated rings. The van der Waals surface area contributed by atoms with E-state index >= 15 is 0 Å². The van der Waals surface area contributed by atoms with E-state index < -0.39 is 0 Å². The highest BCUT2D eigenvalue weighted by Gasteiger charge is 2.29. The van der Waals surface area contributed by atoms with Gasteiger partial charge in [0.25, 0.3) is 0 Å². The van der Waals surface area contributed by atoms with Gasteiger partial charge < -0.3 is 10.6 Å². The maximum Gasteiger partial charge on any atom is 0.225 e. The van der Waals surface area contributed by atoms with Crippen molar-refractivity contribution in [3.8, 4) is 0 Å². The molecule has 0 aliphatic carbocycles. The zero-order chi connectivity index (χ0) is 13.2. The molecule has 5 nitrogen and oxygen atoms in total. The van der Waals surface area contributed by atoms with Crippen molar-refractivity contribution in [1.82, 2.24) is 14.9 Å². The molecule has 0 amide bonds. The Kier molecular flexibility index (Phi) is 3.66. The second kappa shape index (κ2) is 5.43. The maximum absolute atomic E-state index is 5.67. The molecule has 2 N–H and O–H groups in total. The summed E-state index contributed by atoms with van der Waals surface area (Å²) in [4.78, 5) is 14.1. The van der Waals surface area contributed by atoms with E-state index in [4.69, 9.17) is 5.73 Å². The molecule has 0 saturated carbocycles. The Labute approximate surface area is 114 Å². The summed E-state index contributed by atoms with van der Waals surface area (Å²) in [6.07, 6.45) is 5.74. The fourth-order valence-electron chi connectivity index (χ4n) is 3.22. The van der Waals surface area contributed by atoms with Crippen LogP contribution in [0.15, 0.2) is 6.20 Å². The fourth-order valence-corrected chi connectivity index (χ4v) is 3.22. The van der Waals surface area contributed by atoms with Gasteiger partial charge in [-0.3, -0.25) is 4.90 Å². The van der Waals surface area contributed by atoms with Crippen molar-refractivity contribution in [2.24, 2.45) is 5.73 Å². The first kappa shape index (κ1) is 12.8. The van der Waals surface area contributed by atoms with Crippen LogP contribution in [-0.4, -0.2) is 47.1 Å². The monoisotopic (exact) mass is 261 g/mol. The number of aryl methyl sites for hydroxylation is 1. The Morgan fingerprint density at radius 3 is 2.95 bits per heavy atom. The Balaban J connectivity index is 1.79. The SMILES string of the molecule is Cc1nc(N2CCCN3CCCC3C2)ncc1CN. The van der Waals surface area contributed by atoms with Crippen LogP contribution in [0, 0.1) is 6.92 Å². The third-order valence-corrected chi connectivity index (χ3v) is 4.37. The van der Waals surface area contributed by atoms with Crippen molar-refractivity contribution in [3.63, 3.8) is 0 Å². The minimum Gasteiger partial charge on any atom is -0.339 e. The number of rotatable bonds is 2. The van der Waals surface area contributed by atoms with Crippen LogP contribution in [0.1, 0.15) is 30.5 Å². The first-order chi connectivity index (χ1) is 9.28. The number of nitrogens with two attached hydrogens (primary N) is 1. The van der Waals surface area contributed by atoms with Gasteiger partial charge in [0.05, 0.1) is 0 Å². The normalized spacial score (nSPS) is 24.3. The fraction of sp³-hybridized carbons (Fsp3) is 0.714. The predicted octanol–water partition coefficient (Wildman–Crippen LogP) is 0.918. The van der Waals surface area contributed by atoms with Gasteiger partial charge in [0.2, 0.25) is 5.95 Å². The molecular formula is C14H23N5. The molecule has 104 valence electrons. The van der Waals surface area contributed by atoms with Gasteiger partial charge in [-0.15, -0.1) is 0 Å². The molecule has 2 aliphatic rings. The van der Waals surface area contributed by atoms with Gasteiger partial charge in [-0.2, -0.15) is 0 Å². The van der Waals surface area contributed by atoms with E-state index in [-0.39, 0.29) is 0 Å². The van der Waals surface area contributed by atoms with Gasteiger partial charge >= 0.3 is 0 Å². The van der Waals surface area contributed by atoms with E-state index in [9.17, 15) is 0 Å². The van der Waals surface area contributed by atoms with E-state index in [0.29, 0.717) is 12.6 Å². The van der Waals surface area contributed by atoms with Crippen molar-refractivity contribution < 1.29 is 0 Å². The van der Waals surface area contributed by atoms with Crippen molar-refractivity contribution in [2.45, 2.75) is 38.8 Å². The Hall–Kier alpha value is -1.20. The van der Waals surface area contributed by atoms with Crippen molar-refractivity contribution in [2.75, 3.05) is 31.1 Å². The summed E-state index contributed by atoms with van der Waals surface area (Å²) in [5.74, 6) is 0.878. The second-order valence-electron chi connectivity index (χ2n) is 5.62. The third kappa shape index (κ3) is 2.58. The second-order valence-corrected chi connectivity index (χ2v) is 5.62. The first-order valence-corrected chi connectivity index (χ1v) is 7.29. The van der Waals surface area contributed by atoms with E-state index in [0.717, 1.165) is 30.3 Å². The lowest BCUT2D eigenvalue weighted by Crippen LogP contribution is -2.37. The zero-order valence-electron chi connectivity index (χ0n) is 11.7. The van der Waals surface area contributed by atoms with Crippen LogP contribution in [0.25, 0.3) is 0 Å². The molecule has 2 saturated heterocycles. The summed E-state index contributed by atoms with van der Waals surface area (Å²) in [5, 5.41) is 0. The summed E-state index contributed by atoms with van der Waals surface area (Å²) in [6, 6.07) is 0.695. The predicted molar refractivity (Wildman–Crippen MR) is 76.1 cm³/mol. The van der Waals surface area contributed by atoms with Gasteiger partial charge in [-0.1, -0.05) is 0 Å². The molecule has 19 heavy (non-hydrogen) atoms. The van der Waals surface area contributed by atoms with Crippen LogP contribution in [-0.2, 0) is 6.54 Å². The highest BCUT2D eigenvalue weighted by atomic mass is 15.3. The minimum atomic E-state index is 0.516. The van der Waals surface area contributed by atoms with E-state index in [2.05, 4.69) is 19.8 Å². The average molecular weight is 261 g/mol. The molecule has 1 atom stereocenters.